The van der Waals surface area contributed by atoms with Gasteiger partial charge in [-0.05, 0) is 38.1 Å². The van der Waals surface area contributed by atoms with E-state index >= 15 is 0 Å². The van der Waals surface area contributed by atoms with E-state index in [-0.39, 0.29) is 24.5 Å². The molecule has 1 atom stereocenters. The minimum Gasteiger partial charge on any atom is -0.493 e. The van der Waals surface area contributed by atoms with Crippen molar-refractivity contribution in [2.24, 2.45) is 0 Å². The van der Waals surface area contributed by atoms with E-state index < -0.39 is 15.7 Å². The van der Waals surface area contributed by atoms with Crippen molar-refractivity contribution in [3.8, 4) is 5.75 Å². The van der Waals surface area contributed by atoms with Gasteiger partial charge in [-0.15, -0.1) is 0 Å². The van der Waals surface area contributed by atoms with E-state index in [1.165, 1.54) is 19.1 Å². The van der Waals surface area contributed by atoms with Crippen LogP contribution in [0, 0.1) is 6.92 Å². The number of ether oxygens (including phenoxy) is 1. The van der Waals surface area contributed by atoms with Crippen LogP contribution in [-0.2, 0) is 10.0 Å². The molecule has 0 spiro atoms. The molecule has 0 aliphatic rings. The highest BCUT2D eigenvalue weighted by molar-refractivity contribution is 7.89. The first kappa shape index (κ1) is 18.4. The Labute approximate surface area is 142 Å². The van der Waals surface area contributed by atoms with Gasteiger partial charge in [0.25, 0.3) is 0 Å². The predicted octanol–water partition coefficient (Wildman–Crippen LogP) is 3.47. The maximum Gasteiger partial charge on any atom is 0.240 e. The van der Waals surface area contributed by atoms with Gasteiger partial charge in [-0.2, -0.15) is 0 Å². The monoisotopic (exact) mass is 351 g/mol. The molecule has 1 N–H and O–H groups in total. The average molecular weight is 351 g/mol. The number of aryl methyl sites for hydroxylation is 1. The summed E-state index contributed by atoms with van der Waals surface area (Å²) < 4.78 is 46.6. The third kappa shape index (κ3) is 5.62. The molecule has 0 radical (unpaired) electrons. The van der Waals surface area contributed by atoms with Gasteiger partial charge in [0.1, 0.15) is 11.4 Å². The molecule has 0 bridgehead atoms. The molecule has 6 heteroatoms. The molecule has 0 amide bonds. The Kier molecular flexibility index (Phi) is 5.96. The fraction of sp³-hybridized carbons (Fsp3) is 0.333. The zero-order valence-corrected chi connectivity index (χ0v) is 14.6. The fourth-order valence-electron chi connectivity index (χ4n) is 2.03. The zero-order valence-electron chi connectivity index (χ0n) is 13.8. The van der Waals surface area contributed by atoms with Crippen molar-refractivity contribution in [2.75, 3.05) is 13.2 Å². The number of hydrogen-bond acceptors (Lipinski definition) is 3. The molecule has 0 aliphatic carbocycles. The average Bonchev–Trinajstić information content (AvgIpc) is 2.55. The van der Waals surface area contributed by atoms with E-state index in [2.05, 4.69) is 4.72 Å². The topological polar surface area (TPSA) is 55.4 Å². The Morgan fingerprint density at radius 2 is 1.71 bits per heavy atom. The van der Waals surface area contributed by atoms with Gasteiger partial charge in [0.15, 0.2) is 0 Å². The molecule has 0 saturated carbocycles. The normalized spacial score (nSPS) is 14.1. The lowest BCUT2D eigenvalue weighted by molar-refractivity contribution is 0.145. The molecule has 2 aromatic rings. The van der Waals surface area contributed by atoms with Gasteiger partial charge in [0.05, 0.1) is 11.5 Å². The number of hydrogen-bond donors (Lipinski definition) is 1. The first-order valence-electron chi connectivity index (χ1n) is 7.72. The highest BCUT2D eigenvalue weighted by atomic mass is 32.2. The Morgan fingerprint density at radius 1 is 1.08 bits per heavy atom. The van der Waals surface area contributed by atoms with Crippen LogP contribution in [0.2, 0.25) is 0 Å². The summed E-state index contributed by atoms with van der Waals surface area (Å²) in [5, 5.41) is 0. The standard InChI is InChI=1S/C18H22FNO3S/c1-15-8-10-17(11-9-15)24(21,22)20-14-18(2,19)12-13-23-16-6-4-3-5-7-16/h3-11,20H,12-14H2,1-2H3. The van der Waals surface area contributed by atoms with Crippen LogP contribution in [0.25, 0.3) is 0 Å². The number of benzene rings is 2. The lowest BCUT2D eigenvalue weighted by atomic mass is 10.1. The summed E-state index contributed by atoms with van der Waals surface area (Å²) in [6.07, 6.45) is 0.0817. The summed E-state index contributed by atoms with van der Waals surface area (Å²) >= 11 is 0. The highest BCUT2D eigenvalue weighted by Gasteiger charge is 2.26. The number of rotatable bonds is 8. The maximum absolute atomic E-state index is 14.5. The van der Waals surface area contributed by atoms with Crippen LogP contribution in [0.15, 0.2) is 59.5 Å². The first-order chi connectivity index (χ1) is 11.3. The van der Waals surface area contributed by atoms with Crippen molar-refractivity contribution in [2.45, 2.75) is 30.8 Å². The molecular weight excluding hydrogens is 329 g/mol. The van der Waals surface area contributed by atoms with Gasteiger partial charge in [-0.25, -0.2) is 17.5 Å². The van der Waals surface area contributed by atoms with Crippen LogP contribution in [-0.4, -0.2) is 27.2 Å². The van der Waals surface area contributed by atoms with E-state index in [0.29, 0.717) is 5.75 Å². The predicted molar refractivity (Wildman–Crippen MR) is 92.4 cm³/mol. The molecule has 0 aliphatic heterocycles. The zero-order chi connectivity index (χ0) is 17.6. The molecular formula is C18H22FNO3S. The third-order valence-electron chi connectivity index (χ3n) is 3.60. The van der Waals surface area contributed by atoms with Gasteiger partial charge in [-0.1, -0.05) is 35.9 Å². The number of sulfonamides is 1. The Balaban J connectivity index is 1.86. The fourth-order valence-corrected chi connectivity index (χ4v) is 3.19. The summed E-state index contributed by atoms with van der Waals surface area (Å²) in [5.41, 5.74) is -0.741. The SMILES string of the molecule is Cc1ccc(S(=O)(=O)NCC(C)(F)CCOc2ccccc2)cc1. The van der Waals surface area contributed by atoms with Crippen molar-refractivity contribution in [1.29, 1.82) is 0 Å². The lowest BCUT2D eigenvalue weighted by Gasteiger charge is -2.21. The molecule has 0 fully saturated rings. The van der Waals surface area contributed by atoms with Crippen LogP contribution < -0.4 is 9.46 Å². The minimum absolute atomic E-state index is 0.0817. The van der Waals surface area contributed by atoms with E-state index in [1.807, 2.05) is 25.1 Å². The molecule has 1 unspecified atom stereocenters. The van der Waals surface area contributed by atoms with Crippen molar-refractivity contribution < 1.29 is 17.5 Å². The van der Waals surface area contributed by atoms with Crippen LogP contribution in [0.4, 0.5) is 4.39 Å². The van der Waals surface area contributed by atoms with Gasteiger partial charge in [0.2, 0.25) is 10.0 Å². The molecule has 2 rings (SSSR count). The van der Waals surface area contributed by atoms with Crippen LogP contribution in [0.1, 0.15) is 18.9 Å². The van der Waals surface area contributed by atoms with E-state index in [1.54, 1.807) is 24.3 Å². The Bertz CT molecular complexity index is 744. The summed E-state index contributed by atoms with van der Waals surface area (Å²) in [4.78, 5) is 0.129. The molecule has 24 heavy (non-hydrogen) atoms. The second-order valence-corrected chi connectivity index (χ2v) is 7.73. The minimum atomic E-state index is -3.72. The highest BCUT2D eigenvalue weighted by Crippen LogP contribution is 2.18. The molecule has 0 saturated heterocycles. The van der Waals surface area contributed by atoms with Gasteiger partial charge >= 0.3 is 0 Å². The second-order valence-electron chi connectivity index (χ2n) is 5.96. The summed E-state index contributed by atoms with van der Waals surface area (Å²) in [5.74, 6) is 0.661. The molecule has 2 aromatic carbocycles. The van der Waals surface area contributed by atoms with E-state index in [4.69, 9.17) is 4.74 Å². The van der Waals surface area contributed by atoms with Crippen molar-refractivity contribution >= 4 is 10.0 Å². The summed E-state index contributed by atoms with van der Waals surface area (Å²) in [7, 11) is -3.72. The largest absolute Gasteiger partial charge is 0.493 e. The number of alkyl halides is 1. The van der Waals surface area contributed by atoms with Gasteiger partial charge in [-0.3, -0.25) is 0 Å². The quantitative estimate of drug-likeness (QED) is 0.792. The van der Waals surface area contributed by atoms with Crippen LogP contribution >= 0.6 is 0 Å². The smallest absolute Gasteiger partial charge is 0.240 e. The van der Waals surface area contributed by atoms with Crippen molar-refractivity contribution in [3.63, 3.8) is 0 Å². The molecule has 130 valence electrons. The third-order valence-corrected chi connectivity index (χ3v) is 5.01. The Morgan fingerprint density at radius 3 is 2.33 bits per heavy atom. The Hall–Kier alpha value is -1.92. The van der Waals surface area contributed by atoms with Crippen molar-refractivity contribution in [3.05, 3.63) is 60.2 Å². The molecule has 4 nitrogen and oxygen atoms in total. The number of halogens is 1. The van der Waals surface area contributed by atoms with Gasteiger partial charge in [0, 0.05) is 13.0 Å². The van der Waals surface area contributed by atoms with E-state index in [9.17, 15) is 12.8 Å². The van der Waals surface area contributed by atoms with Crippen molar-refractivity contribution in [1.82, 2.24) is 4.72 Å². The number of para-hydroxylation sites is 1. The maximum atomic E-state index is 14.5. The van der Waals surface area contributed by atoms with E-state index in [0.717, 1.165) is 5.56 Å². The lowest BCUT2D eigenvalue weighted by Crippen LogP contribution is -2.38. The van der Waals surface area contributed by atoms with Crippen LogP contribution in [0.3, 0.4) is 0 Å². The second kappa shape index (κ2) is 7.77. The molecule has 0 aromatic heterocycles. The first-order valence-corrected chi connectivity index (χ1v) is 9.20. The van der Waals surface area contributed by atoms with Gasteiger partial charge < -0.3 is 4.74 Å². The summed E-state index contributed by atoms with van der Waals surface area (Å²) in [6, 6.07) is 15.5. The number of nitrogens with one attached hydrogen (secondary N) is 1. The van der Waals surface area contributed by atoms with Crippen LogP contribution in [0.5, 0.6) is 5.75 Å². The molecule has 0 heterocycles. The summed E-state index contributed by atoms with van der Waals surface area (Å²) in [6.45, 7) is 3.10.